The highest BCUT2D eigenvalue weighted by Gasteiger charge is 2.35. The maximum Gasteiger partial charge on any atom is 0.331 e. The lowest BCUT2D eigenvalue weighted by Crippen LogP contribution is -2.53. The minimum absolute atomic E-state index is 0.00936. The van der Waals surface area contributed by atoms with Gasteiger partial charge in [0.1, 0.15) is 0 Å². The fraction of sp³-hybridized carbons (Fsp3) is 0.455. The van der Waals surface area contributed by atoms with Crippen molar-refractivity contribution in [1.29, 1.82) is 0 Å². The number of morpholine rings is 1. The van der Waals surface area contributed by atoms with E-state index in [9.17, 15) is 9.59 Å². The SMILES string of the molecule is COC(=O)C1COCCN1C(=O)c1ccoc1Cl. The van der Waals surface area contributed by atoms with Crippen molar-refractivity contribution >= 4 is 23.5 Å². The van der Waals surface area contributed by atoms with Gasteiger partial charge in [0, 0.05) is 6.54 Å². The normalized spacial score (nSPS) is 19.7. The quantitative estimate of drug-likeness (QED) is 0.751. The molecular weight excluding hydrogens is 262 g/mol. The van der Waals surface area contributed by atoms with Gasteiger partial charge in [-0.1, -0.05) is 0 Å². The topological polar surface area (TPSA) is 69.0 Å². The number of methoxy groups -OCH3 is 1. The molecule has 18 heavy (non-hydrogen) atoms. The van der Waals surface area contributed by atoms with Crippen molar-refractivity contribution in [2.24, 2.45) is 0 Å². The molecule has 0 radical (unpaired) electrons. The van der Waals surface area contributed by atoms with Gasteiger partial charge < -0.3 is 18.8 Å². The average molecular weight is 274 g/mol. The van der Waals surface area contributed by atoms with E-state index in [0.717, 1.165) is 0 Å². The second-order valence-corrected chi connectivity index (χ2v) is 4.06. The second-order valence-electron chi connectivity index (χ2n) is 3.72. The summed E-state index contributed by atoms with van der Waals surface area (Å²) in [4.78, 5) is 25.2. The molecule has 0 aromatic carbocycles. The van der Waals surface area contributed by atoms with Crippen LogP contribution in [0.25, 0.3) is 0 Å². The van der Waals surface area contributed by atoms with E-state index in [2.05, 4.69) is 4.74 Å². The maximum atomic E-state index is 12.2. The molecule has 1 aromatic rings. The lowest BCUT2D eigenvalue weighted by atomic mass is 10.2. The third-order valence-electron chi connectivity index (χ3n) is 2.71. The van der Waals surface area contributed by atoms with Crippen LogP contribution in [0.4, 0.5) is 0 Å². The summed E-state index contributed by atoms with van der Waals surface area (Å²) in [5.74, 6) is -0.880. The Bertz CT molecular complexity index is 458. The highest BCUT2D eigenvalue weighted by molar-refractivity contribution is 6.32. The van der Waals surface area contributed by atoms with Gasteiger partial charge in [0.25, 0.3) is 5.91 Å². The fourth-order valence-electron chi connectivity index (χ4n) is 1.78. The molecule has 1 aliphatic heterocycles. The van der Waals surface area contributed by atoms with Gasteiger partial charge in [0.15, 0.2) is 6.04 Å². The first-order valence-corrected chi connectivity index (χ1v) is 5.72. The van der Waals surface area contributed by atoms with Gasteiger partial charge in [-0.05, 0) is 17.7 Å². The molecule has 1 saturated heterocycles. The zero-order valence-corrected chi connectivity index (χ0v) is 10.5. The second kappa shape index (κ2) is 5.41. The first-order chi connectivity index (χ1) is 8.65. The molecule has 6 nitrogen and oxygen atoms in total. The van der Waals surface area contributed by atoms with Crippen LogP contribution in [-0.4, -0.2) is 49.7 Å². The molecule has 1 aromatic heterocycles. The van der Waals surface area contributed by atoms with Crippen LogP contribution in [0.3, 0.4) is 0 Å². The predicted octanol–water partition coefficient (Wildman–Crippen LogP) is 0.947. The Hall–Kier alpha value is -1.53. The van der Waals surface area contributed by atoms with Crippen LogP contribution in [0.5, 0.6) is 0 Å². The lowest BCUT2D eigenvalue weighted by Gasteiger charge is -2.33. The Morgan fingerprint density at radius 2 is 2.33 bits per heavy atom. The van der Waals surface area contributed by atoms with Gasteiger partial charge >= 0.3 is 5.97 Å². The van der Waals surface area contributed by atoms with E-state index in [1.165, 1.54) is 24.3 Å². The van der Waals surface area contributed by atoms with Crippen molar-refractivity contribution in [3.8, 4) is 0 Å². The van der Waals surface area contributed by atoms with Gasteiger partial charge in [-0.15, -0.1) is 0 Å². The summed E-state index contributed by atoms with van der Waals surface area (Å²) in [7, 11) is 1.27. The molecule has 1 atom stereocenters. The zero-order chi connectivity index (χ0) is 13.1. The molecule has 0 aliphatic carbocycles. The Labute approximate surface area is 108 Å². The van der Waals surface area contributed by atoms with E-state index in [0.29, 0.717) is 13.2 Å². The molecule has 0 bridgehead atoms. The lowest BCUT2D eigenvalue weighted by molar-refractivity contribution is -0.151. The molecule has 0 spiro atoms. The number of carbonyl (C=O) groups excluding carboxylic acids is 2. The number of furan rings is 1. The van der Waals surface area contributed by atoms with Crippen molar-refractivity contribution in [2.75, 3.05) is 26.9 Å². The first kappa shape index (κ1) is 12.9. The number of nitrogens with zero attached hydrogens (tertiary/aromatic N) is 1. The molecule has 2 heterocycles. The van der Waals surface area contributed by atoms with E-state index in [1.54, 1.807) is 0 Å². The number of carbonyl (C=O) groups is 2. The molecular formula is C11H12ClNO5. The van der Waals surface area contributed by atoms with Gasteiger partial charge in [-0.25, -0.2) is 4.79 Å². The molecule has 0 N–H and O–H groups in total. The van der Waals surface area contributed by atoms with Crippen LogP contribution in [0.2, 0.25) is 5.22 Å². The third-order valence-corrected chi connectivity index (χ3v) is 3.00. The Kier molecular flexibility index (Phi) is 3.88. The number of rotatable bonds is 2. The molecule has 0 saturated carbocycles. The van der Waals surface area contributed by atoms with Crippen LogP contribution in [0, 0.1) is 0 Å². The summed E-state index contributed by atoms with van der Waals surface area (Å²) in [6.07, 6.45) is 1.32. The third kappa shape index (κ3) is 2.34. The van der Waals surface area contributed by atoms with Crippen LogP contribution in [0.1, 0.15) is 10.4 Å². The van der Waals surface area contributed by atoms with E-state index < -0.39 is 12.0 Å². The maximum absolute atomic E-state index is 12.2. The standard InChI is InChI=1S/C11H12ClNO5/c1-16-11(15)8-6-17-5-3-13(8)10(14)7-2-4-18-9(7)12/h2,4,8H,3,5-6H2,1H3. The summed E-state index contributed by atoms with van der Waals surface area (Å²) < 4.78 is 14.7. The summed E-state index contributed by atoms with van der Waals surface area (Å²) in [6, 6.07) is 0.719. The molecule has 1 fully saturated rings. The van der Waals surface area contributed by atoms with Crippen LogP contribution < -0.4 is 0 Å². The molecule has 7 heteroatoms. The van der Waals surface area contributed by atoms with Gasteiger partial charge in [0.05, 0.1) is 32.2 Å². The van der Waals surface area contributed by atoms with Gasteiger partial charge in [-0.2, -0.15) is 0 Å². The Morgan fingerprint density at radius 3 is 2.94 bits per heavy atom. The molecule has 1 amide bonds. The van der Waals surface area contributed by atoms with E-state index in [1.807, 2.05) is 0 Å². The minimum Gasteiger partial charge on any atom is -0.467 e. The average Bonchev–Trinajstić information content (AvgIpc) is 2.83. The molecule has 1 aliphatic rings. The van der Waals surface area contributed by atoms with Crippen LogP contribution >= 0.6 is 11.6 Å². The van der Waals surface area contributed by atoms with Crippen molar-refractivity contribution in [1.82, 2.24) is 4.90 Å². The van der Waals surface area contributed by atoms with E-state index in [4.69, 9.17) is 20.8 Å². The summed E-state index contributed by atoms with van der Waals surface area (Å²) >= 11 is 5.75. The monoisotopic (exact) mass is 273 g/mol. The van der Waals surface area contributed by atoms with E-state index >= 15 is 0 Å². The number of hydrogen-bond acceptors (Lipinski definition) is 5. The molecule has 98 valence electrons. The van der Waals surface area contributed by atoms with Crippen molar-refractivity contribution in [3.05, 3.63) is 23.1 Å². The fourth-order valence-corrected chi connectivity index (χ4v) is 1.97. The first-order valence-electron chi connectivity index (χ1n) is 5.34. The Morgan fingerprint density at radius 1 is 1.56 bits per heavy atom. The summed E-state index contributed by atoms with van der Waals surface area (Å²) in [6.45, 7) is 0.794. The number of halogens is 1. The highest BCUT2D eigenvalue weighted by Crippen LogP contribution is 2.21. The summed E-state index contributed by atoms with van der Waals surface area (Å²) in [5.41, 5.74) is 0.229. The number of ether oxygens (including phenoxy) is 2. The Balaban J connectivity index is 2.21. The predicted molar refractivity (Wildman–Crippen MR) is 61.4 cm³/mol. The smallest absolute Gasteiger partial charge is 0.331 e. The number of esters is 1. The number of amides is 1. The molecule has 2 rings (SSSR count). The summed E-state index contributed by atoms with van der Waals surface area (Å²) in [5, 5.41) is 0.00936. The number of hydrogen-bond donors (Lipinski definition) is 0. The van der Waals surface area contributed by atoms with Gasteiger partial charge in [0.2, 0.25) is 5.22 Å². The van der Waals surface area contributed by atoms with Crippen molar-refractivity contribution in [3.63, 3.8) is 0 Å². The zero-order valence-electron chi connectivity index (χ0n) is 9.72. The highest BCUT2D eigenvalue weighted by atomic mass is 35.5. The minimum atomic E-state index is -0.748. The largest absolute Gasteiger partial charge is 0.467 e. The van der Waals surface area contributed by atoms with Crippen molar-refractivity contribution in [2.45, 2.75) is 6.04 Å². The van der Waals surface area contributed by atoms with Crippen molar-refractivity contribution < 1.29 is 23.5 Å². The van der Waals surface area contributed by atoms with Crippen LogP contribution in [-0.2, 0) is 14.3 Å². The molecule has 1 unspecified atom stereocenters. The van der Waals surface area contributed by atoms with E-state index in [-0.39, 0.29) is 23.3 Å². The van der Waals surface area contributed by atoms with Crippen LogP contribution in [0.15, 0.2) is 16.7 Å². The van der Waals surface area contributed by atoms with Gasteiger partial charge in [-0.3, -0.25) is 4.79 Å².